The van der Waals surface area contributed by atoms with Crippen molar-refractivity contribution in [2.75, 3.05) is 17.4 Å². The molecule has 1 amide bonds. The van der Waals surface area contributed by atoms with Crippen LogP contribution >= 0.6 is 0 Å². The number of hydrogen-bond donors (Lipinski definition) is 0. The van der Waals surface area contributed by atoms with Crippen LogP contribution < -0.4 is 15.6 Å². The summed E-state index contributed by atoms with van der Waals surface area (Å²) >= 11 is 0. The number of aromatic nitrogens is 2. The molecule has 2 aliphatic heterocycles. The van der Waals surface area contributed by atoms with E-state index in [0.717, 1.165) is 23.0 Å². The van der Waals surface area contributed by atoms with Crippen molar-refractivity contribution in [1.82, 2.24) is 14.0 Å². The summed E-state index contributed by atoms with van der Waals surface area (Å²) in [5, 5.41) is 0.127. The first-order valence-electron chi connectivity index (χ1n) is 11.8. The number of aryl methyl sites for hydroxylation is 1. The summed E-state index contributed by atoms with van der Waals surface area (Å²) in [6, 6.07) is 11.4. The predicted octanol–water partition coefficient (Wildman–Crippen LogP) is 1.85. The number of fused-ring (bicyclic) bond motifs is 2. The van der Waals surface area contributed by atoms with Crippen molar-refractivity contribution >= 4 is 32.5 Å². The van der Waals surface area contributed by atoms with E-state index in [9.17, 15) is 22.8 Å². The van der Waals surface area contributed by atoms with Gasteiger partial charge in [0.05, 0.1) is 21.5 Å². The van der Waals surface area contributed by atoms with Crippen molar-refractivity contribution in [1.29, 1.82) is 0 Å². The predicted molar refractivity (Wildman–Crippen MR) is 133 cm³/mol. The van der Waals surface area contributed by atoms with Crippen molar-refractivity contribution in [2.45, 2.75) is 50.1 Å². The summed E-state index contributed by atoms with van der Waals surface area (Å²) in [5.41, 5.74) is 0.810. The van der Waals surface area contributed by atoms with Crippen LogP contribution in [-0.4, -0.2) is 47.5 Å². The molecule has 5 rings (SSSR count). The highest BCUT2D eigenvalue weighted by molar-refractivity contribution is 7.92. The minimum atomic E-state index is -3.95. The molecule has 0 radical (unpaired) electrons. The van der Waals surface area contributed by atoms with Crippen molar-refractivity contribution in [3.63, 3.8) is 0 Å². The highest BCUT2D eigenvalue weighted by Crippen LogP contribution is 2.36. The number of carbonyl (C=O) groups is 1. The van der Waals surface area contributed by atoms with E-state index in [4.69, 9.17) is 0 Å². The number of benzene rings is 2. The smallest absolute Gasteiger partial charge is 0.331 e. The molecule has 35 heavy (non-hydrogen) atoms. The Hall–Kier alpha value is -3.40. The molecule has 0 saturated carbocycles. The highest BCUT2D eigenvalue weighted by Gasteiger charge is 2.36. The van der Waals surface area contributed by atoms with Gasteiger partial charge in [0.2, 0.25) is 5.91 Å². The first kappa shape index (κ1) is 23.3. The second-order valence-corrected chi connectivity index (χ2v) is 11.1. The third-order valence-corrected chi connectivity index (χ3v) is 8.96. The molecule has 3 heterocycles. The Bertz CT molecular complexity index is 1550. The second kappa shape index (κ2) is 8.67. The van der Waals surface area contributed by atoms with Gasteiger partial charge in [0.25, 0.3) is 15.6 Å². The van der Waals surface area contributed by atoms with Crippen LogP contribution in [0.3, 0.4) is 0 Å². The number of para-hydroxylation sites is 1. The average molecular weight is 497 g/mol. The van der Waals surface area contributed by atoms with Crippen LogP contribution in [0.15, 0.2) is 56.9 Å². The van der Waals surface area contributed by atoms with Crippen LogP contribution in [0.4, 0.5) is 5.69 Å². The Morgan fingerprint density at radius 2 is 1.77 bits per heavy atom. The van der Waals surface area contributed by atoms with Crippen LogP contribution in [0.2, 0.25) is 0 Å². The van der Waals surface area contributed by atoms with Gasteiger partial charge in [-0.15, -0.1) is 0 Å². The molecule has 9 nitrogen and oxygen atoms in total. The lowest BCUT2D eigenvalue weighted by atomic mass is 10.1. The highest BCUT2D eigenvalue weighted by atomic mass is 32.2. The quantitative estimate of drug-likeness (QED) is 0.537. The normalized spacial score (nSPS) is 17.8. The Morgan fingerprint density at radius 3 is 2.51 bits per heavy atom. The maximum Gasteiger partial charge on any atom is 0.331 e. The van der Waals surface area contributed by atoms with Crippen molar-refractivity contribution in [3.05, 3.63) is 68.9 Å². The number of rotatable bonds is 5. The molecule has 184 valence electrons. The zero-order chi connectivity index (χ0) is 24.9. The summed E-state index contributed by atoms with van der Waals surface area (Å²) in [6.07, 6.45) is 2.57. The molecule has 0 spiro atoms. The minimum absolute atomic E-state index is 0.0102. The molecule has 0 N–H and O–H groups in total. The average Bonchev–Trinajstić information content (AvgIpc) is 3.49. The van der Waals surface area contributed by atoms with E-state index in [1.165, 1.54) is 34.1 Å². The Kier molecular flexibility index (Phi) is 5.79. The first-order chi connectivity index (χ1) is 16.7. The van der Waals surface area contributed by atoms with E-state index in [1.807, 2.05) is 19.1 Å². The third kappa shape index (κ3) is 3.85. The third-order valence-electron chi connectivity index (χ3n) is 7.03. The molecule has 0 unspecified atom stereocenters. The molecule has 10 heteroatoms. The summed E-state index contributed by atoms with van der Waals surface area (Å²) < 4.78 is 31.1. The number of carbonyl (C=O) groups excluding carboxylic acids is 1. The molecular formula is C25H28N4O5S. The van der Waals surface area contributed by atoms with E-state index in [2.05, 4.69) is 0 Å². The van der Waals surface area contributed by atoms with Gasteiger partial charge in [-0.05, 0) is 56.0 Å². The van der Waals surface area contributed by atoms with Gasteiger partial charge in [-0.2, -0.15) is 0 Å². The Balaban J connectivity index is 1.55. The molecule has 1 saturated heterocycles. The first-order valence-corrected chi connectivity index (χ1v) is 13.3. The fourth-order valence-corrected chi connectivity index (χ4v) is 6.92. The molecule has 0 aliphatic carbocycles. The number of likely N-dealkylation sites (tertiary alicyclic amines) is 1. The monoisotopic (exact) mass is 496 g/mol. The number of amides is 1. The van der Waals surface area contributed by atoms with Gasteiger partial charge < -0.3 is 4.90 Å². The molecule has 3 aromatic rings. The maximum absolute atomic E-state index is 13.7. The van der Waals surface area contributed by atoms with E-state index in [-0.39, 0.29) is 35.2 Å². The summed E-state index contributed by atoms with van der Waals surface area (Å²) in [5.74, 6) is -0.0884. The van der Waals surface area contributed by atoms with E-state index < -0.39 is 21.3 Å². The minimum Gasteiger partial charge on any atom is -0.343 e. The van der Waals surface area contributed by atoms with Gasteiger partial charge in [-0.3, -0.25) is 23.0 Å². The number of hydrogen-bond acceptors (Lipinski definition) is 5. The number of sulfonamides is 1. The molecule has 1 fully saturated rings. The van der Waals surface area contributed by atoms with E-state index in [0.29, 0.717) is 30.7 Å². The molecule has 2 aliphatic rings. The van der Waals surface area contributed by atoms with E-state index >= 15 is 0 Å². The topological polar surface area (TPSA) is 102 Å². The van der Waals surface area contributed by atoms with Crippen molar-refractivity contribution < 1.29 is 13.2 Å². The van der Waals surface area contributed by atoms with Crippen LogP contribution in [-0.2, 0) is 34.8 Å². The Morgan fingerprint density at radius 1 is 1.06 bits per heavy atom. The van der Waals surface area contributed by atoms with Crippen LogP contribution in [0, 0.1) is 0 Å². The summed E-state index contributed by atoms with van der Waals surface area (Å²) in [6.45, 7) is 3.20. The largest absolute Gasteiger partial charge is 0.343 e. The second-order valence-electron chi connectivity index (χ2n) is 9.30. The fraction of sp³-hybridized carbons (Fsp3) is 0.400. The maximum atomic E-state index is 13.7. The molecule has 0 bridgehead atoms. The fourth-order valence-electron chi connectivity index (χ4n) is 5.20. The van der Waals surface area contributed by atoms with E-state index in [1.54, 1.807) is 17.0 Å². The summed E-state index contributed by atoms with van der Waals surface area (Å²) in [7, 11) is -2.41. The van der Waals surface area contributed by atoms with Crippen molar-refractivity contribution in [2.24, 2.45) is 7.05 Å². The van der Waals surface area contributed by atoms with Crippen LogP contribution in [0.1, 0.15) is 31.7 Å². The number of nitrogens with zero attached hydrogens (tertiary/aromatic N) is 4. The van der Waals surface area contributed by atoms with Crippen LogP contribution in [0.25, 0.3) is 10.9 Å². The van der Waals surface area contributed by atoms with Gasteiger partial charge in [0, 0.05) is 39.1 Å². The van der Waals surface area contributed by atoms with Gasteiger partial charge >= 0.3 is 5.69 Å². The molecule has 2 aromatic carbocycles. The van der Waals surface area contributed by atoms with Gasteiger partial charge in [-0.1, -0.05) is 18.2 Å². The Labute approximate surface area is 203 Å². The van der Waals surface area contributed by atoms with Gasteiger partial charge in [0.15, 0.2) is 0 Å². The molecular weight excluding hydrogens is 468 g/mol. The van der Waals surface area contributed by atoms with Gasteiger partial charge in [-0.25, -0.2) is 13.2 Å². The van der Waals surface area contributed by atoms with Crippen molar-refractivity contribution in [3.8, 4) is 0 Å². The summed E-state index contributed by atoms with van der Waals surface area (Å²) in [4.78, 5) is 40.4. The lowest BCUT2D eigenvalue weighted by molar-refractivity contribution is -0.130. The lowest BCUT2D eigenvalue weighted by Crippen LogP contribution is -2.40. The standard InChI is InChI=1S/C25H28N4O5S/c1-17-15-18-7-3-4-8-21(18)29(17)35(33,34)19-9-10-22-20(16-19)24(31)28(25(32)26(22)2)14-11-23(30)27-12-5-6-13-27/h3-4,7-10,16-17H,5-6,11-15H2,1-2H3/t17-/m1/s1. The molecule has 1 atom stereocenters. The molecule has 1 aromatic heterocycles. The van der Waals surface area contributed by atoms with Crippen LogP contribution in [0.5, 0.6) is 0 Å². The SMILES string of the molecule is C[C@@H]1Cc2ccccc2N1S(=O)(=O)c1ccc2c(c1)c(=O)n(CCC(=O)N1CCCC1)c(=O)n2C. The number of anilines is 1. The zero-order valence-corrected chi connectivity index (χ0v) is 20.6. The van der Waals surface area contributed by atoms with Gasteiger partial charge in [0.1, 0.15) is 0 Å². The lowest BCUT2D eigenvalue weighted by Gasteiger charge is -2.24. The zero-order valence-electron chi connectivity index (χ0n) is 19.8.